The maximum atomic E-state index is 6.57. The number of para-hydroxylation sites is 1. The standard InChI is InChI=1S/C45H36N2O/c1-5-13-29-27(2)46(38-18-10-7-15-31(29)38)40-20-12-21-43-44(40)35-24-28(22-23-42(35)48-43)47-39-19-11-8-16-32(39)34-25-33-30-14-6-9-17-36(30)45(3,4)37(33)26-41(34)47/h5-7,9-10,12-26H,8,11H2,1-4H3/b13-5-. The summed E-state index contributed by atoms with van der Waals surface area (Å²) in [4.78, 5) is 0. The van der Waals surface area contributed by atoms with Crippen LogP contribution in [0.1, 0.15) is 56.0 Å². The van der Waals surface area contributed by atoms with Crippen molar-refractivity contribution < 1.29 is 4.42 Å². The summed E-state index contributed by atoms with van der Waals surface area (Å²) in [5.74, 6) is 0. The number of nitrogens with zero attached hydrogens (tertiary/aromatic N) is 2. The molecular weight excluding hydrogens is 585 g/mol. The Bertz CT molecular complexity index is 2830. The molecule has 3 aromatic heterocycles. The molecule has 0 aliphatic heterocycles. The summed E-state index contributed by atoms with van der Waals surface area (Å²) in [5, 5.41) is 7.51. The number of fused-ring (bicyclic) bond motifs is 10. The molecule has 10 rings (SSSR count). The van der Waals surface area contributed by atoms with E-state index in [2.05, 4.69) is 158 Å². The summed E-state index contributed by atoms with van der Waals surface area (Å²) < 4.78 is 11.5. The molecule has 0 saturated heterocycles. The molecule has 0 saturated carbocycles. The van der Waals surface area contributed by atoms with Crippen molar-refractivity contribution in [3.63, 3.8) is 0 Å². The summed E-state index contributed by atoms with van der Waals surface area (Å²) in [5.41, 5.74) is 14.5. The topological polar surface area (TPSA) is 23.0 Å². The second-order valence-electron chi connectivity index (χ2n) is 14.0. The molecule has 3 heteroatoms. The molecule has 0 unspecified atom stereocenters. The molecule has 0 atom stereocenters. The third kappa shape index (κ3) is 3.54. The lowest BCUT2D eigenvalue weighted by Gasteiger charge is -2.21. The molecule has 0 amide bonds. The minimum atomic E-state index is -0.0635. The van der Waals surface area contributed by atoms with E-state index < -0.39 is 0 Å². The van der Waals surface area contributed by atoms with Crippen molar-refractivity contribution in [2.45, 2.75) is 46.0 Å². The molecular formula is C45H36N2O. The van der Waals surface area contributed by atoms with Gasteiger partial charge in [-0.1, -0.05) is 86.7 Å². The number of hydrogen-bond donors (Lipinski definition) is 0. The Kier molecular flexibility index (Phi) is 5.59. The molecule has 48 heavy (non-hydrogen) atoms. The Labute approximate surface area is 279 Å². The van der Waals surface area contributed by atoms with Crippen LogP contribution in [-0.2, 0) is 5.41 Å². The van der Waals surface area contributed by atoms with E-state index in [1.165, 1.54) is 65.9 Å². The zero-order valence-corrected chi connectivity index (χ0v) is 27.8. The molecule has 3 nitrogen and oxygen atoms in total. The molecule has 232 valence electrons. The van der Waals surface area contributed by atoms with E-state index in [-0.39, 0.29) is 5.41 Å². The van der Waals surface area contributed by atoms with Gasteiger partial charge in [-0.25, -0.2) is 0 Å². The number of furan rings is 1. The van der Waals surface area contributed by atoms with Gasteiger partial charge < -0.3 is 13.6 Å². The fourth-order valence-corrected chi connectivity index (χ4v) is 8.87. The van der Waals surface area contributed by atoms with Crippen molar-refractivity contribution in [2.24, 2.45) is 0 Å². The van der Waals surface area contributed by atoms with Crippen molar-refractivity contribution in [3.05, 3.63) is 136 Å². The molecule has 0 fully saturated rings. The highest BCUT2D eigenvalue weighted by atomic mass is 16.3. The summed E-state index contributed by atoms with van der Waals surface area (Å²) in [6.45, 7) is 9.05. The second-order valence-corrected chi connectivity index (χ2v) is 14.0. The first-order valence-electron chi connectivity index (χ1n) is 17.1. The van der Waals surface area contributed by atoms with Crippen molar-refractivity contribution in [1.29, 1.82) is 0 Å². The minimum absolute atomic E-state index is 0.0635. The van der Waals surface area contributed by atoms with Gasteiger partial charge in [0, 0.05) is 49.1 Å². The fourth-order valence-electron chi connectivity index (χ4n) is 8.87. The molecule has 0 spiro atoms. The maximum absolute atomic E-state index is 6.57. The van der Waals surface area contributed by atoms with E-state index >= 15 is 0 Å². The minimum Gasteiger partial charge on any atom is -0.456 e. The molecule has 0 radical (unpaired) electrons. The van der Waals surface area contributed by atoms with E-state index in [4.69, 9.17) is 4.42 Å². The largest absolute Gasteiger partial charge is 0.456 e. The molecule has 3 heterocycles. The normalized spacial score (nSPS) is 14.9. The smallest absolute Gasteiger partial charge is 0.137 e. The van der Waals surface area contributed by atoms with E-state index in [0.717, 1.165) is 46.2 Å². The highest BCUT2D eigenvalue weighted by Gasteiger charge is 2.36. The van der Waals surface area contributed by atoms with Gasteiger partial charge in [0.25, 0.3) is 0 Å². The highest BCUT2D eigenvalue weighted by molar-refractivity contribution is 6.11. The fraction of sp³-hybridized carbons (Fsp3) is 0.156. The first kappa shape index (κ1) is 27.6. The van der Waals surface area contributed by atoms with Crippen LogP contribution in [0.25, 0.3) is 84.5 Å². The quantitative estimate of drug-likeness (QED) is 0.193. The predicted molar refractivity (Wildman–Crippen MR) is 202 cm³/mol. The molecule has 2 aliphatic rings. The third-order valence-electron chi connectivity index (χ3n) is 11.0. The van der Waals surface area contributed by atoms with Crippen LogP contribution in [-0.4, -0.2) is 9.13 Å². The van der Waals surface area contributed by atoms with Crippen LogP contribution < -0.4 is 10.6 Å². The van der Waals surface area contributed by atoms with Crippen LogP contribution in [0.2, 0.25) is 0 Å². The zero-order valence-electron chi connectivity index (χ0n) is 27.8. The molecule has 2 aliphatic carbocycles. The lowest BCUT2D eigenvalue weighted by Crippen LogP contribution is -2.30. The highest BCUT2D eigenvalue weighted by Crippen LogP contribution is 2.49. The summed E-state index contributed by atoms with van der Waals surface area (Å²) in [7, 11) is 0. The number of hydrogen-bond acceptors (Lipinski definition) is 1. The second kappa shape index (κ2) is 9.74. The third-order valence-corrected chi connectivity index (χ3v) is 11.0. The number of allylic oxidation sites excluding steroid dienone is 1. The van der Waals surface area contributed by atoms with Crippen molar-refractivity contribution in [1.82, 2.24) is 9.13 Å². The maximum Gasteiger partial charge on any atom is 0.137 e. The Morgan fingerprint density at radius 1 is 0.688 bits per heavy atom. The lowest BCUT2D eigenvalue weighted by molar-refractivity contribution is 0.661. The van der Waals surface area contributed by atoms with Crippen LogP contribution in [0, 0.1) is 6.92 Å². The van der Waals surface area contributed by atoms with Gasteiger partial charge in [-0.3, -0.25) is 0 Å². The Morgan fingerprint density at radius 2 is 1.52 bits per heavy atom. The summed E-state index contributed by atoms with van der Waals surface area (Å²) >= 11 is 0. The van der Waals surface area contributed by atoms with Gasteiger partial charge in [-0.05, 0) is 97.5 Å². The van der Waals surface area contributed by atoms with Crippen molar-refractivity contribution in [2.75, 3.05) is 0 Å². The SMILES string of the molecule is C/C=C\c1c(C)n(-c2cccc3oc4ccc(-n5c6c(c7cc8c(cc75)C(C)(C)c5ccccc5-8)=CCCC=6)cc4c23)c2ccccc12. The number of rotatable bonds is 3. The van der Waals surface area contributed by atoms with Gasteiger partial charge in [0.15, 0.2) is 0 Å². The first-order chi connectivity index (χ1) is 23.5. The first-order valence-corrected chi connectivity index (χ1v) is 17.1. The van der Waals surface area contributed by atoms with E-state index in [1.807, 2.05) is 0 Å². The lowest BCUT2D eigenvalue weighted by atomic mass is 9.82. The molecule has 0 bridgehead atoms. The van der Waals surface area contributed by atoms with Gasteiger partial charge in [0.1, 0.15) is 11.2 Å². The van der Waals surface area contributed by atoms with Crippen molar-refractivity contribution in [3.8, 4) is 22.5 Å². The Balaban J connectivity index is 1.27. The summed E-state index contributed by atoms with van der Waals surface area (Å²) in [6, 6.07) is 35.8. The molecule has 8 aromatic rings. The van der Waals surface area contributed by atoms with Gasteiger partial charge in [-0.2, -0.15) is 0 Å². The van der Waals surface area contributed by atoms with Crippen LogP contribution in [0.15, 0.2) is 108 Å². The summed E-state index contributed by atoms with van der Waals surface area (Å²) in [6.07, 6.45) is 11.3. The van der Waals surface area contributed by atoms with Gasteiger partial charge >= 0.3 is 0 Å². The predicted octanol–water partition coefficient (Wildman–Crippen LogP) is 10.5. The average molecular weight is 621 g/mol. The van der Waals surface area contributed by atoms with Crippen LogP contribution in [0.3, 0.4) is 0 Å². The zero-order chi connectivity index (χ0) is 32.3. The van der Waals surface area contributed by atoms with Gasteiger partial charge in [0.2, 0.25) is 0 Å². The van der Waals surface area contributed by atoms with E-state index in [9.17, 15) is 0 Å². The van der Waals surface area contributed by atoms with E-state index in [1.54, 1.807) is 0 Å². The Hall–Kier alpha value is -5.54. The van der Waals surface area contributed by atoms with E-state index in [0.29, 0.717) is 0 Å². The average Bonchev–Trinajstić information content (AvgIpc) is 3.80. The van der Waals surface area contributed by atoms with Crippen LogP contribution >= 0.6 is 0 Å². The molecule has 0 N–H and O–H groups in total. The Morgan fingerprint density at radius 3 is 2.42 bits per heavy atom. The number of benzene rings is 5. The van der Waals surface area contributed by atoms with Crippen LogP contribution in [0.5, 0.6) is 0 Å². The number of aromatic nitrogens is 2. The molecule has 5 aromatic carbocycles. The monoisotopic (exact) mass is 620 g/mol. The van der Waals surface area contributed by atoms with Crippen molar-refractivity contribution >= 4 is 62.0 Å². The van der Waals surface area contributed by atoms with Gasteiger partial charge in [-0.15, -0.1) is 0 Å². The van der Waals surface area contributed by atoms with Crippen LogP contribution in [0.4, 0.5) is 0 Å². The van der Waals surface area contributed by atoms with Gasteiger partial charge in [0.05, 0.1) is 22.1 Å².